The molecule has 0 atom stereocenters. The number of nitrogens with zero attached hydrogens (tertiary/aromatic N) is 2. The van der Waals surface area contributed by atoms with Crippen molar-refractivity contribution in [3.8, 4) is 5.75 Å². The van der Waals surface area contributed by atoms with Crippen molar-refractivity contribution in [3.05, 3.63) is 69.3 Å². The molecule has 0 aliphatic heterocycles. The van der Waals surface area contributed by atoms with Gasteiger partial charge >= 0.3 is 6.18 Å². The van der Waals surface area contributed by atoms with E-state index >= 15 is 0 Å². The molecule has 0 fully saturated rings. The summed E-state index contributed by atoms with van der Waals surface area (Å²) in [5, 5.41) is 23.4. The highest BCUT2D eigenvalue weighted by Crippen LogP contribution is 2.36. The van der Waals surface area contributed by atoms with Crippen LogP contribution in [0, 0.1) is 10.1 Å². The van der Waals surface area contributed by atoms with Crippen LogP contribution < -0.4 is 5.43 Å². The number of carbonyl (C=O) groups excluding carboxylic acids is 1. The largest absolute Gasteiger partial charge is 0.508 e. The zero-order valence-electron chi connectivity index (χ0n) is 12.3. The van der Waals surface area contributed by atoms with E-state index < -0.39 is 28.3 Å². The number of halogens is 3. The summed E-state index contributed by atoms with van der Waals surface area (Å²) in [6.07, 6.45) is -3.88. The van der Waals surface area contributed by atoms with E-state index in [4.69, 9.17) is 5.11 Å². The lowest BCUT2D eigenvalue weighted by molar-refractivity contribution is -0.388. The minimum Gasteiger partial charge on any atom is -0.508 e. The lowest BCUT2D eigenvalue weighted by Crippen LogP contribution is -2.17. The number of nitrogens with one attached hydrogen (secondary N) is 1. The lowest BCUT2D eigenvalue weighted by Gasteiger charge is -2.07. The van der Waals surface area contributed by atoms with Crippen LogP contribution in [0.2, 0.25) is 0 Å². The zero-order valence-corrected chi connectivity index (χ0v) is 12.3. The van der Waals surface area contributed by atoms with Crippen LogP contribution in [0.3, 0.4) is 0 Å². The number of rotatable bonds is 4. The molecule has 0 saturated heterocycles. The van der Waals surface area contributed by atoms with Gasteiger partial charge < -0.3 is 5.11 Å². The summed E-state index contributed by atoms with van der Waals surface area (Å²) < 4.78 is 38.1. The van der Waals surface area contributed by atoms with Gasteiger partial charge in [-0.05, 0) is 30.3 Å². The minimum atomic E-state index is -4.86. The first kappa shape index (κ1) is 17.9. The maximum atomic E-state index is 12.7. The van der Waals surface area contributed by atoms with Crippen molar-refractivity contribution in [2.75, 3.05) is 0 Å². The molecule has 1 amide bonds. The van der Waals surface area contributed by atoms with Gasteiger partial charge in [-0.25, -0.2) is 5.43 Å². The van der Waals surface area contributed by atoms with Crippen LogP contribution >= 0.6 is 0 Å². The molecule has 0 spiro atoms. The number of aromatic hydroxyl groups is 1. The first-order valence-electron chi connectivity index (χ1n) is 6.66. The molecule has 2 aromatic carbocycles. The maximum absolute atomic E-state index is 12.7. The Morgan fingerprint density at radius 1 is 1.20 bits per heavy atom. The van der Waals surface area contributed by atoms with E-state index in [0.717, 1.165) is 12.3 Å². The average molecular weight is 353 g/mol. The van der Waals surface area contributed by atoms with Crippen molar-refractivity contribution in [2.24, 2.45) is 5.10 Å². The normalized spacial score (nSPS) is 11.5. The van der Waals surface area contributed by atoms with Gasteiger partial charge in [0.15, 0.2) is 0 Å². The number of benzene rings is 2. The number of hydrogen-bond donors (Lipinski definition) is 2. The van der Waals surface area contributed by atoms with E-state index in [1.165, 1.54) is 24.3 Å². The number of alkyl halides is 3. The van der Waals surface area contributed by atoms with Crippen molar-refractivity contribution < 1.29 is 28.0 Å². The standard InChI is InChI=1S/C15H10F3N3O4/c16-15(17,18)12-6-1-9(7-13(12)21(24)25)8-19-20-14(23)10-2-4-11(22)5-3-10/h1-8,22H,(H,20,23). The Hall–Kier alpha value is -3.43. The van der Waals surface area contributed by atoms with Gasteiger partial charge in [-0.3, -0.25) is 14.9 Å². The van der Waals surface area contributed by atoms with Crippen molar-refractivity contribution in [2.45, 2.75) is 6.18 Å². The lowest BCUT2D eigenvalue weighted by atomic mass is 10.1. The van der Waals surface area contributed by atoms with Crippen LogP contribution in [0.4, 0.5) is 18.9 Å². The molecular weight excluding hydrogens is 343 g/mol. The van der Waals surface area contributed by atoms with Crippen LogP contribution in [0.25, 0.3) is 0 Å². The van der Waals surface area contributed by atoms with Gasteiger partial charge in [0.2, 0.25) is 0 Å². The van der Waals surface area contributed by atoms with Gasteiger partial charge in [0.05, 0.1) is 11.1 Å². The molecule has 0 heterocycles. The van der Waals surface area contributed by atoms with Crippen LogP contribution in [0.1, 0.15) is 21.5 Å². The molecule has 0 bridgehead atoms. The van der Waals surface area contributed by atoms with Gasteiger partial charge in [-0.2, -0.15) is 18.3 Å². The molecule has 25 heavy (non-hydrogen) atoms. The Morgan fingerprint density at radius 2 is 1.84 bits per heavy atom. The molecule has 0 radical (unpaired) electrons. The molecule has 2 N–H and O–H groups in total. The van der Waals surface area contributed by atoms with Gasteiger partial charge in [-0.1, -0.05) is 6.07 Å². The second kappa shape index (κ2) is 6.99. The SMILES string of the molecule is O=C(NN=Cc1ccc(C(F)(F)F)c([N+](=O)[O-])c1)c1ccc(O)cc1. The summed E-state index contributed by atoms with van der Waals surface area (Å²) in [6, 6.07) is 7.52. The topological polar surface area (TPSA) is 105 Å². The van der Waals surface area contributed by atoms with E-state index in [9.17, 15) is 28.1 Å². The second-order valence-electron chi connectivity index (χ2n) is 4.78. The summed E-state index contributed by atoms with van der Waals surface area (Å²) in [7, 11) is 0. The fourth-order valence-electron chi connectivity index (χ4n) is 1.86. The van der Waals surface area contributed by atoms with Gasteiger partial charge in [0.1, 0.15) is 11.3 Å². The van der Waals surface area contributed by atoms with Gasteiger partial charge in [0, 0.05) is 17.2 Å². The van der Waals surface area contributed by atoms with Crippen molar-refractivity contribution >= 4 is 17.8 Å². The highest BCUT2D eigenvalue weighted by molar-refractivity contribution is 5.95. The summed E-state index contributed by atoms with van der Waals surface area (Å²) in [6.45, 7) is 0. The third kappa shape index (κ3) is 4.53. The van der Waals surface area contributed by atoms with Crippen LogP contribution in [-0.2, 0) is 6.18 Å². The first-order valence-corrected chi connectivity index (χ1v) is 6.66. The molecule has 10 heteroatoms. The van der Waals surface area contributed by atoms with Crippen LogP contribution in [0.15, 0.2) is 47.6 Å². The number of carbonyl (C=O) groups is 1. The molecule has 0 aliphatic rings. The molecule has 2 aromatic rings. The highest BCUT2D eigenvalue weighted by atomic mass is 19.4. The fourth-order valence-corrected chi connectivity index (χ4v) is 1.86. The highest BCUT2D eigenvalue weighted by Gasteiger charge is 2.38. The number of nitro groups is 1. The number of nitro benzene ring substituents is 1. The molecule has 2 rings (SSSR count). The summed E-state index contributed by atoms with van der Waals surface area (Å²) in [4.78, 5) is 21.4. The third-order valence-corrected chi connectivity index (χ3v) is 3.03. The number of amides is 1. The van der Waals surface area contributed by atoms with Gasteiger partial charge in [0.25, 0.3) is 11.6 Å². The first-order chi connectivity index (χ1) is 11.7. The molecular formula is C15H10F3N3O4. The number of phenolic OH excluding ortho intramolecular Hbond substituents is 1. The molecule has 7 nitrogen and oxygen atoms in total. The molecule has 130 valence electrons. The second-order valence-corrected chi connectivity index (χ2v) is 4.78. The quantitative estimate of drug-likeness (QED) is 0.500. The Bertz CT molecular complexity index is 833. The summed E-state index contributed by atoms with van der Waals surface area (Å²) in [5.74, 6) is -0.658. The van der Waals surface area contributed by atoms with E-state index in [2.05, 4.69) is 10.5 Å². The molecule has 0 saturated carbocycles. The van der Waals surface area contributed by atoms with E-state index in [-0.39, 0.29) is 16.9 Å². The smallest absolute Gasteiger partial charge is 0.422 e. The molecule has 0 unspecified atom stereocenters. The Labute approximate surface area is 138 Å². The Balaban J connectivity index is 2.15. The number of hydrazone groups is 1. The van der Waals surface area contributed by atoms with Gasteiger partial charge in [-0.15, -0.1) is 0 Å². The summed E-state index contributed by atoms with van der Waals surface area (Å²) in [5.41, 5.74) is -0.172. The van der Waals surface area contributed by atoms with Crippen molar-refractivity contribution in [1.29, 1.82) is 0 Å². The van der Waals surface area contributed by atoms with Crippen molar-refractivity contribution in [1.82, 2.24) is 5.43 Å². The number of hydrogen-bond acceptors (Lipinski definition) is 5. The van der Waals surface area contributed by atoms with E-state index in [1.807, 2.05) is 0 Å². The predicted octanol–water partition coefficient (Wildman–Crippen LogP) is 3.08. The average Bonchev–Trinajstić information content (AvgIpc) is 2.54. The minimum absolute atomic E-state index is 0.00528. The zero-order chi connectivity index (χ0) is 18.6. The Kier molecular flexibility index (Phi) is 5.01. The number of phenols is 1. The van der Waals surface area contributed by atoms with Crippen LogP contribution in [-0.4, -0.2) is 22.2 Å². The van der Waals surface area contributed by atoms with E-state index in [1.54, 1.807) is 0 Å². The van der Waals surface area contributed by atoms with Crippen LogP contribution in [0.5, 0.6) is 5.75 Å². The molecule has 0 aliphatic carbocycles. The predicted molar refractivity (Wildman–Crippen MR) is 81.3 cm³/mol. The van der Waals surface area contributed by atoms with Crippen molar-refractivity contribution in [3.63, 3.8) is 0 Å². The third-order valence-electron chi connectivity index (χ3n) is 3.03. The molecule has 0 aromatic heterocycles. The fraction of sp³-hybridized carbons (Fsp3) is 0.0667. The van der Waals surface area contributed by atoms with E-state index in [0.29, 0.717) is 12.1 Å². The maximum Gasteiger partial charge on any atom is 0.422 e. The monoisotopic (exact) mass is 353 g/mol. The Morgan fingerprint density at radius 3 is 2.40 bits per heavy atom. The summed E-state index contributed by atoms with van der Waals surface area (Å²) >= 11 is 0.